The number of nitrogens with one attached hydrogen (secondary N) is 3. The highest BCUT2D eigenvalue weighted by atomic mass is 28.4. The van der Waals surface area contributed by atoms with E-state index in [1.54, 1.807) is 26.0 Å². The van der Waals surface area contributed by atoms with Gasteiger partial charge in [-0.3, -0.25) is 9.59 Å². The number of hydrogen-bond acceptors (Lipinski definition) is 10. The van der Waals surface area contributed by atoms with Gasteiger partial charge in [0.25, 0.3) is 20.1 Å². The quantitative estimate of drug-likeness (QED) is 0.0502. The van der Waals surface area contributed by atoms with Gasteiger partial charge in [-0.25, -0.2) is 14.4 Å². The second-order valence-corrected chi connectivity index (χ2v) is 20.4. The molecule has 14 heteroatoms. The molecule has 1 aliphatic rings. The number of benzene rings is 3. The monoisotopic (exact) mass is 850 g/mol. The number of carbonyl (C=O) groups is 5. The van der Waals surface area contributed by atoms with Crippen molar-refractivity contribution in [2.45, 2.75) is 92.6 Å². The fraction of sp³-hybridized carbons (Fsp3) is 0.383. The molecule has 13 nitrogen and oxygen atoms in total. The maximum absolute atomic E-state index is 13.5. The molecule has 0 aliphatic carbocycles. The van der Waals surface area contributed by atoms with Gasteiger partial charge < -0.3 is 39.2 Å². The molecular weight excluding hydrogens is 793 g/mol. The van der Waals surface area contributed by atoms with Crippen LogP contribution in [0.5, 0.6) is 5.75 Å². The standard InChI is InChI=1S/C47H58N4O9Si/c1-11-51(12-2)26-25-48-43(53)41-29(3)40(49-30(41)4)28-38-37-27-34(23-24-39(37)50-42(38)52)59-45(55)32(6)57-44(54)31(5)58-46(56)33(7)60-61(47(8,9)10,35-19-15-13-16-20-35)36-21-17-14-18-22-36/h13-24,27-28,31-33,49H,11-12,25-26H2,1-10H3,(H,48,53)(H,50,52)/b38-28-/t31-,32-,33-/m0/s1. The molecule has 0 spiro atoms. The number of aromatic amines is 1. The summed E-state index contributed by atoms with van der Waals surface area (Å²) in [5, 5.41) is 7.37. The van der Waals surface area contributed by atoms with Gasteiger partial charge in [0, 0.05) is 35.7 Å². The first-order chi connectivity index (χ1) is 28.9. The highest BCUT2D eigenvalue weighted by Gasteiger charge is 2.52. The molecule has 0 unspecified atom stereocenters. The van der Waals surface area contributed by atoms with Crippen molar-refractivity contribution in [1.82, 2.24) is 15.2 Å². The SMILES string of the molecule is CCN(CC)CCNC(=O)c1c(C)[nH]c(/C=C2\C(=O)Nc3ccc(OC(=O)[C@H](C)OC(=O)[C@H](C)OC(=O)[C@H](C)O[Si](c4ccccc4)(c4ccccc4)C(C)(C)C)cc32)c1C. The van der Waals surface area contributed by atoms with Crippen molar-refractivity contribution in [3.05, 3.63) is 107 Å². The number of hydrogen-bond donors (Lipinski definition) is 3. The predicted octanol–water partition coefficient (Wildman–Crippen LogP) is 5.93. The van der Waals surface area contributed by atoms with E-state index >= 15 is 0 Å². The van der Waals surface area contributed by atoms with E-state index in [1.165, 1.54) is 26.0 Å². The van der Waals surface area contributed by atoms with Crippen molar-refractivity contribution in [3.8, 4) is 5.75 Å². The Morgan fingerprint density at radius 1 is 0.803 bits per heavy atom. The molecule has 0 saturated carbocycles. The van der Waals surface area contributed by atoms with Gasteiger partial charge in [0.15, 0.2) is 12.2 Å². The minimum absolute atomic E-state index is 0.107. The first kappa shape index (κ1) is 46.2. The molecule has 3 atom stereocenters. The average molecular weight is 851 g/mol. The number of likely N-dealkylation sites (N-methyl/N-ethyl adjacent to an activating group) is 1. The highest BCUT2D eigenvalue weighted by Crippen LogP contribution is 2.38. The third kappa shape index (κ3) is 10.4. The summed E-state index contributed by atoms with van der Waals surface area (Å²) in [6.07, 6.45) is -2.13. The molecule has 0 fully saturated rings. The van der Waals surface area contributed by atoms with Crippen LogP contribution in [0.15, 0.2) is 78.9 Å². The lowest BCUT2D eigenvalue weighted by Gasteiger charge is -2.44. The minimum atomic E-state index is -3.11. The zero-order valence-corrected chi connectivity index (χ0v) is 37.8. The fourth-order valence-corrected chi connectivity index (χ4v) is 12.2. The summed E-state index contributed by atoms with van der Waals surface area (Å²) in [4.78, 5) is 71.6. The fourth-order valence-electron chi connectivity index (χ4n) is 7.57. The first-order valence-electron chi connectivity index (χ1n) is 20.7. The van der Waals surface area contributed by atoms with Gasteiger partial charge in [-0.15, -0.1) is 0 Å². The zero-order valence-electron chi connectivity index (χ0n) is 36.8. The van der Waals surface area contributed by atoms with Gasteiger partial charge >= 0.3 is 17.9 Å². The second-order valence-electron chi connectivity index (χ2n) is 16.2. The Morgan fingerprint density at radius 3 is 1.92 bits per heavy atom. The third-order valence-corrected chi connectivity index (χ3v) is 16.1. The van der Waals surface area contributed by atoms with Crippen LogP contribution in [0.4, 0.5) is 5.69 Å². The number of nitrogens with zero attached hydrogens (tertiary/aromatic N) is 1. The van der Waals surface area contributed by atoms with Gasteiger partial charge in [0.2, 0.25) is 0 Å². The molecule has 3 N–H and O–H groups in total. The molecule has 2 amide bonds. The van der Waals surface area contributed by atoms with E-state index in [2.05, 4.69) is 55.1 Å². The normalized spacial score (nSPS) is 14.8. The van der Waals surface area contributed by atoms with Crippen LogP contribution in [-0.4, -0.2) is 92.4 Å². The van der Waals surface area contributed by atoms with Crippen LogP contribution in [0, 0.1) is 13.8 Å². The second kappa shape index (κ2) is 19.7. The number of esters is 3. The third-order valence-electron chi connectivity index (χ3n) is 10.9. The van der Waals surface area contributed by atoms with Gasteiger partial charge in [0.1, 0.15) is 11.9 Å². The van der Waals surface area contributed by atoms with Crippen molar-refractivity contribution in [1.29, 1.82) is 0 Å². The molecule has 0 saturated heterocycles. The predicted molar refractivity (Wildman–Crippen MR) is 238 cm³/mol. The molecule has 3 aromatic carbocycles. The molecule has 2 heterocycles. The van der Waals surface area contributed by atoms with Crippen LogP contribution >= 0.6 is 0 Å². The Bertz CT molecular complexity index is 2220. The molecule has 0 bridgehead atoms. The van der Waals surface area contributed by atoms with E-state index in [0.717, 1.165) is 30.0 Å². The molecule has 4 aromatic rings. The summed E-state index contributed by atoms with van der Waals surface area (Å²) in [5.41, 5.74) is 3.74. The number of anilines is 1. The topological polar surface area (TPSA) is 165 Å². The van der Waals surface area contributed by atoms with E-state index in [0.29, 0.717) is 45.9 Å². The number of fused-ring (bicyclic) bond motifs is 1. The summed E-state index contributed by atoms with van der Waals surface area (Å²) < 4.78 is 23.3. The summed E-state index contributed by atoms with van der Waals surface area (Å²) in [6, 6.07) is 24.3. The van der Waals surface area contributed by atoms with Crippen molar-refractivity contribution in [2.75, 3.05) is 31.5 Å². The number of aromatic nitrogens is 1. The number of rotatable bonds is 17. The lowest BCUT2D eigenvalue weighted by Crippen LogP contribution is -2.68. The van der Waals surface area contributed by atoms with Crippen LogP contribution in [0.3, 0.4) is 0 Å². The maximum Gasteiger partial charge on any atom is 0.352 e. The van der Waals surface area contributed by atoms with E-state index in [-0.39, 0.29) is 17.6 Å². The van der Waals surface area contributed by atoms with Crippen molar-refractivity contribution >= 4 is 65.7 Å². The van der Waals surface area contributed by atoms with Gasteiger partial charge in [-0.1, -0.05) is 95.3 Å². The number of H-pyrrole nitrogens is 1. The van der Waals surface area contributed by atoms with E-state index in [4.69, 9.17) is 18.6 Å². The van der Waals surface area contributed by atoms with Gasteiger partial charge in [0.05, 0.1) is 11.1 Å². The Hall–Kier alpha value is -5.83. The van der Waals surface area contributed by atoms with Gasteiger partial charge in [-0.2, -0.15) is 0 Å². The van der Waals surface area contributed by atoms with E-state index in [1.807, 2.05) is 67.6 Å². The van der Waals surface area contributed by atoms with Crippen LogP contribution in [0.2, 0.25) is 5.04 Å². The van der Waals surface area contributed by atoms with Gasteiger partial charge in [-0.05, 0) is 93.0 Å². The average Bonchev–Trinajstić information content (AvgIpc) is 3.70. The lowest BCUT2D eigenvalue weighted by atomic mass is 10.0. The smallest absolute Gasteiger partial charge is 0.352 e. The zero-order chi connectivity index (χ0) is 44.6. The van der Waals surface area contributed by atoms with Crippen molar-refractivity contribution < 1.29 is 42.6 Å². The summed E-state index contributed by atoms with van der Waals surface area (Å²) in [7, 11) is -3.11. The van der Waals surface area contributed by atoms with Crippen molar-refractivity contribution in [2.24, 2.45) is 0 Å². The molecule has 0 radical (unpaired) electrons. The van der Waals surface area contributed by atoms with Crippen LogP contribution in [-0.2, 0) is 33.1 Å². The van der Waals surface area contributed by atoms with Crippen molar-refractivity contribution in [3.63, 3.8) is 0 Å². The summed E-state index contributed by atoms with van der Waals surface area (Å²) in [5.74, 6) is -3.05. The van der Waals surface area contributed by atoms with Crippen LogP contribution < -0.4 is 25.7 Å². The maximum atomic E-state index is 13.5. The molecular formula is C47H58N4O9Si. The highest BCUT2D eigenvalue weighted by molar-refractivity contribution is 6.99. The number of amides is 2. The number of carbonyl (C=O) groups excluding carboxylic acids is 5. The Balaban J connectivity index is 1.23. The Morgan fingerprint density at radius 2 is 1.36 bits per heavy atom. The minimum Gasteiger partial charge on any atom is -0.449 e. The van der Waals surface area contributed by atoms with Crippen LogP contribution in [0.1, 0.15) is 88.3 Å². The molecule has 1 aromatic heterocycles. The molecule has 324 valence electrons. The first-order valence-corrected chi connectivity index (χ1v) is 22.6. The Kier molecular flexibility index (Phi) is 14.9. The summed E-state index contributed by atoms with van der Waals surface area (Å²) >= 11 is 0. The van der Waals surface area contributed by atoms with E-state index in [9.17, 15) is 24.0 Å². The van der Waals surface area contributed by atoms with E-state index < -0.39 is 49.6 Å². The molecule has 61 heavy (non-hydrogen) atoms. The molecule has 5 rings (SSSR count). The molecule has 1 aliphatic heterocycles. The Labute approximate surface area is 359 Å². The number of aryl methyl sites for hydroxylation is 1. The number of ether oxygens (including phenoxy) is 3. The lowest BCUT2D eigenvalue weighted by molar-refractivity contribution is -0.176. The van der Waals surface area contributed by atoms with Crippen LogP contribution in [0.25, 0.3) is 11.6 Å². The largest absolute Gasteiger partial charge is 0.449 e. The summed E-state index contributed by atoms with van der Waals surface area (Å²) in [6.45, 7) is 21.4.